The first-order valence-corrected chi connectivity index (χ1v) is 8.62. The van der Waals surface area contributed by atoms with Gasteiger partial charge in [-0.25, -0.2) is 4.39 Å². The molecule has 0 saturated carbocycles. The van der Waals surface area contributed by atoms with Crippen LogP contribution in [0.4, 0.5) is 17.6 Å². The minimum Gasteiger partial charge on any atom is -0.392 e. The van der Waals surface area contributed by atoms with Crippen LogP contribution in [0.25, 0.3) is 0 Å². The number of benzene rings is 2. The van der Waals surface area contributed by atoms with Crippen LogP contribution in [-0.2, 0) is 25.7 Å². The summed E-state index contributed by atoms with van der Waals surface area (Å²) in [5.41, 5.74) is 1.41. The lowest BCUT2D eigenvalue weighted by molar-refractivity contribution is -0.137. The lowest BCUT2D eigenvalue weighted by Crippen LogP contribution is -2.21. The molecule has 2 aromatic rings. The third kappa shape index (κ3) is 4.62. The van der Waals surface area contributed by atoms with E-state index >= 15 is 0 Å². The molecule has 0 unspecified atom stereocenters. The van der Waals surface area contributed by atoms with Crippen LogP contribution in [0.3, 0.4) is 0 Å². The van der Waals surface area contributed by atoms with Gasteiger partial charge in [-0.3, -0.25) is 4.90 Å². The van der Waals surface area contributed by atoms with Gasteiger partial charge in [0.2, 0.25) is 0 Å². The van der Waals surface area contributed by atoms with Crippen LogP contribution >= 0.6 is 0 Å². The van der Waals surface area contributed by atoms with Gasteiger partial charge in [0.1, 0.15) is 5.82 Å². The van der Waals surface area contributed by atoms with Crippen molar-refractivity contribution in [3.05, 3.63) is 70.5 Å². The smallest absolute Gasteiger partial charge is 0.392 e. The van der Waals surface area contributed by atoms with Crippen molar-refractivity contribution in [2.75, 3.05) is 13.1 Å². The number of rotatable bonds is 5. The monoisotopic (exact) mass is 367 g/mol. The Hall–Kier alpha value is -1.92. The second-order valence-corrected chi connectivity index (χ2v) is 6.87. The van der Waals surface area contributed by atoms with E-state index in [4.69, 9.17) is 5.11 Å². The summed E-state index contributed by atoms with van der Waals surface area (Å²) in [5.74, 6) is -0.365. The van der Waals surface area contributed by atoms with Crippen LogP contribution in [0.5, 0.6) is 0 Å². The molecule has 1 atom stereocenters. The fourth-order valence-electron chi connectivity index (χ4n) is 3.43. The number of nitrogens with zero attached hydrogens (tertiary/aromatic N) is 1. The zero-order valence-electron chi connectivity index (χ0n) is 14.3. The molecule has 2 aromatic carbocycles. The van der Waals surface area contributed by atoms with E-state index in [-0.39, 0.29) is 6.61 Å². The molecule has 0 aliphatic carbocycles. The van der Waals surface area contributed by atoms with Gasteiger partial charge in [-0.05, 0) is 48.6 Å². The summed E-state index contributed by atoms with van der Waals surface area (Å²) in [6, 6.07) is 10.6. The van der Waals surface area contributed by atoms with E-state index in [1.807, 2.05) is 24.3 Å². The number of aliphatic hydroxyl groups is 1. The second kappa shape index (κ2) is 7.76. The largest absolute Gasteiger partial charge is 0.416 e. The van der Waals surface area contributed by atoms with Gasteiger partial charge in [-0.15, -0.1) is 0 Å². The minimum atomic E-state index is -4.52. The van der Waals surface area contributed by atoms with Crippen molar-refractivity contribution in [2.45, 2.75) is 32.2 Å². The van der Waals surface area contributed by atoms with Gasteiger partial charge >= 0.3 is 6.18 Å². The van der Waals surface area contributed by atoms with E-state index in [0.29, 0.717) is 24.1 Å². The quantitative estimate of drug-likeness (QED) is 0.792. The average Bonchev–Trinajstić information content (AvgIpc) is 3.03. The molecule has 1 heterocycles. The van der Waals surface area contributed by atoms with Crippen LogP contribution in [0.1, 0.15) is 28.7 Å². The molecule has 26 heavy (non-hydrogen) atoms. The Labute approximate surface area is 150 Å². The summed E-state index contributed by atoms with van der Waals surface area (Å²) < 4.78 is 51.9. The SMILES string of the molecule is OCc1ccc(C[C@@H]2CCN(Cc3ccc(C(F)(F)F)cc3F)C2)cc1. The highest BCUT2D eigenvalue weighted by molar-refractivity contribution is 5.26. The van der Waals surface area contributed by atoms with Crippen LogP contribution in [0.15, 0.2) is 42.5 Å². The molecule has 1 saturated heterocycles. The maximum Gasteiger partial charge on any atom is 0.416 e. The molecule has 2 nitrogen and oxygen atoms in total. The molecule has 3 rings (SSSR count). The molecule has 0 aromatic heterocycles. The summed E-state index contributed by atoms with van der Waals surface area (Å²) >= 11 is 0. The molecular weight excluding hydrogens is 346 g/mol. The van der Waals surface area contributed by atoms with Gasteiger partial charge in [0.25, 0.3) is 0 Å². The lowest BCUT2D eigenvalue weighted by Gasteiger charge is -2.17. The summed E-state index contributed by atoms with van der Waals surface area (Å²) in [6.45, 7) is 1.95. The van der Waals surface area contributed by atoms with Crippen molar-refractivity contribution in [3.8, 4) is 0 Å². The Balaban J connectivity index is 1.57. The molecule has 0 bridgehead atoms. The molecule has 140 valence electrons. The molecule has 1 N–H and O–H groups in total. The third-order valence-electron chi connectivity index (χ3n) is 4.87. The Morgan fingerprint density at radius 2 is 1.73 bits per heavy atom. The number of hydrogen-bond donors (Lipinski definition) is 1. The number of hydrogen-bond acceptors (Lipinski definition) is 2. The molecule has 0 spiro atoms. The third-order valence-corrected chi connectivity index (χ3v) is 4.87. The Bertz CT molecular complexity index is 742. The topological polar surface area (TPSA) is 23.5 Å². The highest BCUT2D eigenvalue weighted by atomic mass is 19.4. The van der Waals surface area contributed by atoms with Gasteiger partial charge in [0.05, 0.1) is 12.2 Å². The van der Waals surface area contributed by atoms with Crippen molar-refractivity contribution < 1.29 is 22.7 Å². The zero-order chi connectivity index (χ0) is 18.7. The number of halogens is 4. The van der Waals surface area contributed by atoms with Crippen molar-refractivity contribution in [1.82, 2.24) is 4.90 Å². The summed E-state index contributed by atoms with van der Waals surface area (Å²) in [6.07, 6.45) is -2.65. The van der Waals surface area contributed by atoms with Gasteiger partial charge < -0.3 is 5.11 Å². The first-order chi connectivity index (χ1) is 12.3. The van der Waals surface area contributed by atoms with Gasteiger partial charge in [0.15, 0.2) is 0 Å². The standard InChI is InChI=1S/C20H21F4NO/c21-19-10-18(20(22,23)24)6-5-17(19)12-25-8-7-16(11-25)9-14-1-3-15(13-26)4-2-14/h1-6,10,16,26H,7-9,11-13H2/t16-/m0/s1. The number of aliphatic hydroxyl groups excluding tert-OH is 1. The van der Waals surface area contributed by atoms with Gasteiger partial charge in [-0.2, -0.15) is 13.2 Å². The van der Waals surface area contributed by atoms with Crippen molar-refractivity contribution in [2.24, 2.45) is 5.92 Å². The van der Waals surface area contributed by atoms with Gasteiger partial charge in [0, 0.05) is 18.7 Å². The normalized spacial score (nSPS) is 18.4. The molecule has 1 aliphatic heterocycles. The zero-order valence-corrected chi connectivity index (χ0v) is 14.3. The number of alkyl halides is 3. The highest BCUT2D eigenvalue weighted by Gasteiger charge is 2.31. The fraction of sp³-hybridized carbons (Fsp3) is 0.400. The maximum atomic E-state index is 14.0. The molecule has 0 amide bonds. The summed E-state index contributed by atoms with van der Waals surface area (Å²) in [5, 5.41) is 9.07. The molecular formula is C20H21F4NO. The van der Waals surface area contributed by atoms with E-state index in [1.54, 1.807) is 0 Å². The van der Waals surface area contributed by atoms with E-state index in [9.17, 15) is 17.6 Å². The summed E-state index contributed by atoms with van der Waals surface area (Å²) in [4.78, 5) is 2.08. The fourth-order valence-corrected chi connectivity index (χ4v) is 3.43. The molecule has 1 fully saturated rings. The first kappa shape index (κ1) is 18.9. The van der Waals surface area contributed by atoms with E-state index in [0.717, 1.165) is 37.6 Å². The van der Waals surface area contributed by atoms with E-state index in [1.165, 1.54) is 11.6 Å². The summed E-state index contributed by atoms with van der Waals surface area (Å²) in [7, 11) is 0. The van der Waals surface area contributed by atoms with E-state index in [2.05, 4.69) is 4.90 Å². The maximum absolute atomic E-state index is 14.0. The van der Waals surface area contributed by atoms with Gasteiger partial charge in [-0.1, -0.05) is 30.3 Å². The van der Waals surface area contributed by atoms with Crippen molar-refractivity contribution in [1.29, 1.82) is 0 Å². The average molecular weight is 367 g/mol. The highest BCUT2D eigenvalue weighted by Crippen LogP contribution is 2.31. The van der Waals surface area contributed by atoms with Crippen molar-refractivity contribution in [3.63, 3.8) is 0 Å². The van der Waals surface area contributed by atoms with Crippen LogP contribution in [0, 0.1) is 11.7 Å². The first-order valence-electron chi connectivity index (χ1n) is 8.62. The van der Waals surface area contributed by atoms with E-state index < -0.39 is 17.6 Å². The molecule has 6 heteroatoms. The lowest BCUT2D eigenvalue weighted by atomic mass is 9.98. The molecule has 1 aliphatic rings. The van der Waals surface area contributed by atoms with Crippen LogP contribution < -0.4 is 0 Å². The van der Waals surface area contributed by atoms with Crippen molar-refractivity contribution >= 4 is 0 Å². The predicted molar refractivity (Wildman–Crippen MR) is 90.9 cm³/mol. The Morgan fingerprint density at radius 3 is 2.35 bits per heavy atom. The molecule has 0 radical (unpaired) electrons. The predicted octanol–water partition coefficient (Wildman–Crippen LogP) is 4.40. The Morgan fingerprint density at radius 1 is 1.04 bits per heavy atom. The second-order valence-electron chi connectivity index (χ2n) is 6.87. The van der Waals surface area contributed by atoms with Crippen LogP contribution in [-0.4, -0.2) is 23.1 Å². The van der Waals surface area contributed by atoms with Crippen LogP contribution in [0.2, 0.25) is 0 Å². The number of likely N-dealkylation sites (tertiary alicyclic amines) is 1. The minimum absolute atomic E-state index is 0.0240. The Kier molecular flexibility index (Phi) is 5.63.